The summed E-state index contributed by atoms with van der Waals surface area (Å²) in [6.45, 7) is 5.83. The smallest absolute Gasteiger partial charge is 0.223 e. The second-order valence-electron chi connectivity index (χ2n) is 6.07. The second kappa shape index (κ2) is 7.83. The van der Waals surface area contributed by atoms with Gasteiger partial charge >= 0.3 is 0 Å². The van der Waals surface area contributed by atoms with Crippen LogP contribution in [0.2, 0.25) is 0 Å². The molecule has 1 fully saturated rings. The molecule has 1 aliphatic rings. The third-order valence-electron chi connectivity index (χ3n) is 4.17. The quantitative estimate of drug-likeness (QED) is 0.484. The summed E-state index contributed by atoms with van der Waals surface area (Å²) in [5.74, 6) is 4.30. The van der Waals surface area contributed by atoms with E-state index in [4.69, 9.17) is 10.3 Å². The number of nitrogens with zero attached hydrogens (tertiary/aromatic N) is 5. The number of anilines is 2. The van der Waals surface area contributed by atoms with E-state index in [9.17, 15) is 0 Å². The zero-order valence-electron chi connectivity index (χ0n) is 14.2. The Morgan fingerprint density at radius 2 is 2.08 bits per heavy atom. The summed E-state index contributed by atoms with van der Waals surface area (Å²) in [6, 6.07) is 1.86. The molecule has 2 N–H and O–H groups in total. The number of hydrogen-bond donors (Lipinski definition) is 1. The zero-order chi connectivity index (χ0) is 16.9. The van der Waals surface area contributed by atoms with Crippen LogP contribution in [0.4, 0.5) is 11.6 Å². The predicted octanol–water partition coefficient (Wildman–Crippen LogP) is 3.03. The number of rotatable bonds is 6. The summed E-state index contributed by atoms with van der Waals surface area (Å²) < 4.78 is 5.09. The fourth-order valence-corrected chi connectivity index (χ4v) is 3.76. The van der Waals surface area contributed by atoms with E-state index in [0.717, 1.165) is 54.9 Å². The lowest BCUT2D eigenvalue weighted by atomic mass is 9.96. The highest BCUT2D eigenvalue weighted by Gasteiger charge is 2.25. The number of thioether (sulfide) groups is 1. The molecule has 1 aliphatic heterocycles. The molecule has 130 valence electrons. The molecule has 0 amide bonds. The molecular weight excluding hydrogens is 324 g/mol. The third-order valence-corrected chi connectivity index (χ3v) is 5.10. The van der Waals surface area contributed by atoms with Gasteiger partial charge in [-0.2, -0.15) is 4.98 Å². The highest BCUT2D eigenvalue weighted by molar-refractivity contribution is 7.99. The molecule has 0 spiro atoms. The summed E-state index contributed by atoms with van der Waals surface area (Å²) in [6.07, 6.45) is 4.31. The maximum absolute atomic E-state index is 5.97. The highest BCUT2D eigenvalue weighted by Crippen LogP contribution is 2.29. The van der Waals surface area contributed by atoms with Crippen LogP contribution in [0.25, 0.3) is 0 Å². The van der Waals surface area contributed by atoms with Gasteiger partial charge in [0.2, 0.25) is 5.89 Å². The minimum Gasteiger partial charge on any atom is -0.383 e. The van der Waals surface area contributed by atoms with Crippen molar-refractivity contribution >= 4 is 23.4 Å². The number of aromatic nitrogens is 4. The Labute approximate surface area is 146 Å². The van der Waals surface area contributed by atoms with Gasteiger partial charge in [-0.25, -0.2) is 9.97 Å². The van der Waals surface area contributed by atoms with Crippen LogP contribution in [0.1, 0.15) is 50.2 Å². The molecule has 0 saturated carbocycles. The fraction of sp³-hybridized carbons (Fsp3) is 0.625. The van der Waals surface area contributed by atoms with Crippen LogP contribution in [-0.2, 0) is 0 Å². The van der Waals surface area contributed by atoms with Gasteiger partial charge in [0.05, 0.1) is 0 Å². The van der Waals surface area contributed by atoms with Gasteiger partial charge in [-0.3, -0.25) is 0 Å². The van der Waals surface area contributed by atoms with E-state index in [1.807, 2.05) is 13.0 Å². The van der Waals surface area contributed by atoms with Crippen molar-refractivity contribution in [2.45, 2.75) is 50.6 Å². The monoisotopic (exact) mass is 348 g/mol. The Bertz CT molecular complexity index is 668. The van der Waals surface area contributed by atoms with Crippen LogP contribution in [0, 0.1) is 6.92 Å². The van der Waals surface area contributed by atoms with Gasteiger partial charge in [-0.15, -0.1) is 0 Å². The molecule has 24 heavy (non-hydrogen) atoms. The number of aryl methyl sites for hydroxylation is 1. The molecule has 0 radical (unpaired) electrons. The largest absolute Gasteiger partial charge is 0.383 e. The third kappa shape index (κ3) is 4.17. The highest BCUT2D eigenvalue weighted by atomic mass is 32.2. The van der Waals surface area contributed by atoms with Gasteiger partial charge in [0.1, 0.15) is 11.6 Å². The molecule has 2 aromatic heterocycles. The molecule has 0 unspecified atom stereocenters. The van der Waals surface area contributed by atoms with Gasteiger partial charge in [-0.05, 0) is 19.3 Å². The Kier molecular flexibility index (Phi) is 5.55. The summed E-state index contributed by atoms with van der Waals surface area (Å²) in [5.41, 5.74) is 5.97. The van der Waals surface area contributed by atoms with Crippen molar-refractivity contribution in [3.8, 4) is 0 Å². The summed E-state index contributed by atoms with van der Waals surface area (Å²) >= 11 is 1.68. The van der Waals surface area contributed by atoms with Crippen molar-refractivity contribution < 1.29 is 4.52 Å². The molecule has 2 aromatic rings. The first-order valence-corrected chi connectivity index (χ1v) is 9.46. The lowest BCUT2D eigenvalue weighted by Crippen LogP contribution is -2.34. The molecule has 8 heteroatoms. The average molecular weight is 348 g/mol. The molecular formula is C16H24N6OS. The summed E-state index contributed by atoms with van der Waals surface area (Å²) in [4.78, 5) is 15.6. The lowest BCUT2D eigenvalue weighted by molar-refractivity contribution is 0.375. The number of hydrogen-bond acceptors (Lipinski definition) is 8. The fourth-order valence-electron chi connectivity index (χ4n) is 2.81. The van der Waals surface area contributed by atoms with E-state index < -0.39 is 0 Å². The minimum atomic E-state index is 0.358. The lowest BCUT2D eigenvalue weighted by Gasteiger charge is -2.31. The zero-order valence-corrected chi connectivity index (χ0v) is 15.1. The van der Waals surface area contributed by atoms with Gasteiger partial charge in [0.25, 0.3) is 0 Å². The Morgan fingerprint density at radius 3 is 2.75 bits per heavy atom. The van der Waals surface area contributed by atoms with Crippen molar-refractivity contribution in [3.05, 3.63) is 17.8 Å². The Balaban J connectivity index is 1.63. The first kappa shape index (κ1) is 17.0. The molecule has 0 aliphatic carbocycles. The normalized spacial score (nSPS) is 15.8. The molecule has 0 bridgehead atoms. The Morgan fingerprint density at radius 1 is 1.29 bits per heavy atom. The van der Waals surface area contributed by atoms with Crippen LogP contribution < -0.4 is 10.6 Å². The molecule has 1 saturated heterocycles. The van der Waals surface area contributed by atoms with Crippen LogP contribution in [0.5, 0.6) is 0 Å². The number of unbranched alkanes of at least 4 members (excludes halogenated alkanes) is 1. The van der Waals surface area contributed by atoms with Crippen LogP contribution in [0.3, 0.4) is 0 Å². The average Bonchev–Trinajstić information content (AvgIpc) is 3.01. The van der Waals surface area contributed by atoms with Gasteiger partial charge in [0, 0.05) is 37.8 Å². The van der Waals surface area contributed by atoms with Crippen molar-refractivity contribution in [1.29, 1.82) is 0 Å². The predicted molar refractivity (Wildman–Crippen MR) is 95.3 cm³/mol. The first-order chi connectivity index (χ1) is 11.7. The maximum Gasteiger partial charge on any atom is 0.223 e. The maximum atomic E-state index is 5.97. The number of nitrogens with two attached hydrogens (primary N) is 1. The topological polar surface area (TPSA) is 94.0 Å². The molecule has 7 nitrogen and oxygen atoms in total. The number of nitrogen functional groups attached to an aromatic ring is 1. The van der Waals surface area contributed by atoms with Crippen molar-refractivity contribution in [1.82, 2.24) is 20.1 Å². The van der Waals surface area contributed by atoms with E-state index in [1.165, 1.54) is 6.42 Å². The van der Waals surface area contributed by atoms with Gasteiger partial charge < -0.3 is 15.2 Å². The van der Waals surface area contributed by atoms with E-state index in [1.54, 1.807) is 11.8 Å². The van der Waals surface area contributed by atoms with Crippen LogP contribution in [0.15, 0.2) is 15.7 Å². The summed E-state index contributed by atoms with van der Waals surface area (Å²) in [7, 11) is 0. The van der Waals surface area contributed by atoms with Gasteiger partial charge in [-0.1, -0.05) is 30.3 Å². The minimum absolute atomic E-state index is 0.358. The van der Waals surface area contributed by atoms with Crippen molar-refractivity contribution in [2.24, 2.45) is 0 Å². The van der Waals surface area contributed by atoms with Crippen molar-refractivity contribution in [3.63, 3.8) is 0 Å². The first-order valence-electron chi connectivity index (χ1n) is 8.48. The van der Waals surface area contributed by atoms with E-state index in [2.05, 4.69) is 31.9 Å². The molecule has 3 rings (SSSR count). The van der Waals surface area contributed by atoms with E-state index in [0.29, 0.717) is 17.6 Å². The van der Waals surface area contributed by atoms with Crippen LogP contribution in [-0.4, -0.2) is 39.0 Å². The summed E-state index contributed by atoms with van der Waals surface area (Å²) in [5, 5.41) is 4.83. The second-order valence-corrected chi connectivity index (χ2v) is 7.13. The SMILES string of the molecule is CCCCSc1nc(N)cc(N2CCC(c3noc(C)n3)CC2)n1. The van der Waals surface area contributed by atoms with Gasteiger partial charge in [0.15, 0.2) is 11.0 Å². The molecule has 0 aromatic carbocycles. The number of piperidine rings is 1. The Hall–Kier alpha value is -1.83. The standard InChI is InChI=1S/C16H24N6OS/c1-3-4-9-24-16-19-13(17)10-14(20-16)22-7-5-12(6-8-22)15-18-11(2)23-21-15/h10,12H,3-9H2,1-2H3,(H2,17,19,20). The van der Waals surface area contributed by atoms with Crippen LogP contribution >= 0.6 is 11.8 Å². The molecule has 0 atom stereocenters. The van der Waals surface area contributed by atoms with Crippen molar-refractivity contribution in [2.75, 3.05) is 29.5 Å². The molecule has 3 heterocycles. The van der Waals surface area contributed by atoms with E-state index >= 15 is 0 Å². The van der Waals surface area contributed by atoms with E-state index in [-0.39, 0.29) is 0 Å².